The number of isocyanates is 1. The molecule has 0 aromatic heterocycles. The lowest BCUT2D eigenvalue weighted by atomic mass is 9.63. The van der Waals surface area contributed by atoms with Gasteiger partial charge in [0.1, 0.15) is 0 Å². The number of aliphatic imine (C=N–C) groups is 1. The van der Waals surface area contributed by atoms with Gasteiger partial charge in [-0.3, -0.25) is 0 Å². The summed E-state index contributed by atoms with van der Waals surface area (Å²) in [7, 11) is 0. The summed E-state index contributed by atoms with van der Waals surface area (Å²) in [5, 5.41) is 3.10. The maximum atomic E-state index is 12.5. The van der Waals surface area contributed by atoms with Crippen LogP contribution in [0.2, 0.25) is 0 Å². The van der Waals surface area contributed by atoms with E-state index >= 15 is 0 Å². The van der Waals surface area contributed by atoms with Crippen LogP contribution in [0.15, 0.2) is 4.99 Å². The van der Waals surface area contributed by atoms with E-state index in [1.165, 1.54) is 0 Å². The van der Waals surface area contributed by atoms with Crippen molar-refractivity contribution in [2.75, 3.05) is 6.54 Å². The Kier molecular flexibility index (Phi) is 6.41. The van der Waals surface area contributed by atoms with Gasteiger partial charge in [-0.05, 0) is 57.8 Å². The zero-order valence-electron chi connectivity index (χ0n) is 15.8. The van der Waals surface area contributed by atoms with Crippen molar-refractivity contribution in [3.8, 4) is 0 Å². The van der Waals surface area contributed by atoms with E-state index in [0.717, 1.165) is 19.3 Å². The zero-order valence-corrected chi connectivity index (χ0v) is 15.8. The molecule has 1 aliphatic carbocycles. The summed E-state index contributed by atoms with van der Waals surface area (Å²) in [6.45, 7) is 15.3. The van der Waals surface area contributed by atoms with E-state index in [-0.39, 0.29) is 35.0 Å². The summed E-state index contributed by atoms with van der Waals surface area (Å²) < 4.78 is 0. The monoisotopic (exact) mass is 323 g/mol. The van der Waals surface area contributed by atoms with Crippen LogP contribution in [0, 0.1) is 10.8 Å². The highest BCUT2D eigenvalue weighted by Gasteiger charge is 2.41. The molecule has 2 unspecified atom stereocenters. The molecule has 0 heterocycles. The fourth-order valence-electron chi connectivity index (χ4n) is 4.32. The van der Waals surface area contributed by atoms with Gasteiger partial charge in [0, 0.05) is 18.6 Å². The minimum Gasteiger partial charge on any atom is -0.337 e. The molecule has 1 N–H and O–H groups in total. The average molecular weight is 323 g/mol. The number of hydrogen-bond donors (Lipinski definition) is 1. The molecular formula is C18H33N3O2. The Morgan fingerprint density at radius 2 is 1.78 bits per heavy atom. The van der Waals surface area contributed by atoms with Crippen molar-refractivity contribution >= 4 is 12.1 Å². The summed E-state index contributed by atoms with van der Waals surface area (Å²) in [6, 6.07) is 0.315. The lowest BCUT2D eigenvalue weighted by molar-refractivity contribution is 0.0813. The maximum Gasteiger partial charge on any atom is 0.317 e. The number of rotatable bonds is 5. The number of carbonyl (C=O) groups is 1. The highest BCUT2D eigenvalue weighted by molar-refractivity contribution is 5.74. The van der Waals surface area contributed by atoms with Gasteiger partial charge in [0.25, 0.3) is 0 Å². The number of nitrogens with one attached hydrogen (secondary N) is 1. The molecule has 2 amide bonds. The number of amides is 2. The normalized spacial score (nSPS) is 26.7. The van der Waals surface area contributed by atoms with Crippen LogP contribution < -0.4 is 5.32 Å². The zero-order chi connectivity index (χ0) is 17.8. The number of urea groups is 1. The predicted molar refractivity (Wildman–Crippen MR) is 93.2 cm³/mol. The summed E-state index contributed by atoms with van der Waals surface area (Å²) in [6.07, 6.45) is 4.43. The molecule has 23 heavy (non-hydrogen) atoms. The van der Waals surface area contributed by atoms with Gasteiger partial charge in [0.15, 0.2) is 0 Å². The van der Waals surface area contributed by atoms with Gasteiger partial charge < -0.3 is 10.2 Å². The second-order valence-electron chi connectivity index (χ2n) is 8.69. The first-order valence-electron chi connectivity index (χ1n) is 8.63. The molecule has 2 atom stereocenters. The van der Waals surface area contributed by atoms with Gasteiger partial charge in [-0.1, -0.05) is 20.8 Å². The molecule has 0 aliphatic heterocycles. The first kappa shape index (κ1) is 19.7. The standard InChI is InChI=1S/C18H33N3O2/c1-13(2)21(14(3)4)16(23)19-11-18(7)9-15(20-12-22)8-17(5,6)10-18/h13-15H,8-11H2,1-7H3,(H,19,23). The van der Waals surface area contributed by atoms with Crippen LogP contribution in [-0.2, 0) is 4.79 Å². The third-order valence-corrected chi connectivity index (χ3v) is 4.67. The van der Waals surface area contributed by atoms with Crippen molar-refractivity contribution in [1.29, 1.82) is 0 Å². The summed E-state index contributed by atoms with van der Waals surface area (Å²) in [4.78, 5) is 29.0. The molecule has 0 aromatic carbocycles. The van der Waals surface area contributed by atoms with Crippen LogP contribution in [0.3, 0.4) is 0 Å². The maximum absolute atomic E-state index is 12.5. The second kappa shape index (κ2) is 7.48. The van der Waals surface area contributed by atoms with Crippen LogP contribution in [0.4, 0.5) is 4.79 Å². The molecule has 1 aliphatic rings. The minimum atomic E-state index is -0.0535. The SMILES string of the molecule is CC(C)N(C(=O)NCC1(C)CC(N=C=O)CC(C)(C)C1)C(C)C. The molecule has 5 heteroatoms. The molecule has 1 saturated carbocycles. The highest BCUT2D eigenvalue weighted by Crippen LogP contribution is 2.46. The summed E-state index contributed by atoms with van der Waals surface area (Å²) >= 11 is 0. The van der Waals surface area contributed by atoms with Crippen LogP contribution >= 0.6 is 0 Å². The Hall–Kier alpha value is -1.35. The molecular weight excluding hydrogens is 290 g/mol. The number of nitrogens with zero attached hydrogens (tertiary/aromatic N) is 2. The van der Waals surface area contributed by atoms with E-state index in [1.54, 1.807) is 6.08 Å². The van der Waals surface area contributed by atoms with Crippen molar-refractivity contribution in [2.45, 2.75) is 85.9 Å². The number of carbonyl (C=O) groups excluding carboxylic acids is 2. The molecule has 0 radical (unpaired) electrons. The van der Waals surface area contributed by atoms with Gasteiger partial charge >= 0.3 is 6.03 Å². The largest absolute Gasteiger partial charge is 0.337 e. The first-order valence-corrected chi connectivity index (χ1v) is 8.63. The molecule has 5 nitrogen and oxygen atoms in total. The molecule has 0 bridgehead atoms. The molecule has 1 fully saturated rings. The Labute approximate surface area is 140 Å². The van der Waals surface area contributed by atoms with E-state index in [4.69, 9.17) is 0 Å². The quantitative estimate of drug-likeness (QED) is 0.619. The summed E-state index contributed by atoms with van der Waals surface area (Å²) in [5.41, 5.74) is 0.0561. The number of hydrogen-bond acceptors (Lipinski definition) is 3. The van der Waals surface area contributed by atoms with Gasteiger partial charge in [-0.15, -0.1) is 0 Å². The van der Waals surface area contributed by atoms with Crippen LogP contribution in [0.5, 0.6) is 0 Å². The van der Waals surface area contributed by atoms with Crippen molar-refractivity contribution in [3.63, 3.8) is 0 Å². The van der Waals surface area contributed by atoms with Crippen molar-refractivity contribution < 1.29 is 9.59 Å². The van der Waals surface area contributed by atoms with Crippen molar-refractivity contribution in [3.05, 3.63) is 0 Å². The molecule has 0 spiro atoms. The Morgan fingerprint density at radius 1 is 1.22 bits per heavy atom. The Balaban J connectivity index is 2.77. The third-order valence-electron chi connectivity index (χ3n) is 4.67. The van der Waals surface area contributed by atoms with Gasteiger partial charge in [-0.2, -0.15) is 0 Å². The smallest absolute Gasteiger partial charge is 0.317 e. The van der Waals surface area contributed by atoms with Gasteiger partial charge in [-0.25, -0.2) is 14.6 Å². The average Bonchev–Trinajstić information content (AvgIpc) is 2.33. The third kappa shape index (κ3) is 5.65. The minimum absolute atomic E-state index is 0.00412. The van der Waals surface area contributed by atoms with Crippen LogP contribution in [0.1, 0.15) is 67.7 Å². The van der Waals surface area contributed by atoms with Crippen LogP contribution in [-0.4, -0.2) is 41.7 Å². The van der Waals surface area contributed by atoms with E-state index in [0.29, 0.717) is 6.54 Å². The Morgan fingerprint density at radius 3 is 2.26 bits per heavy atom. The van der Waals surface area contributed by atoms with Crippen molar-refractivity contribution in [1.82, 2.24) is 10.2 Å². The topological polar surface area (TPSA) is 61.8 Å². The van der Waals surface area contributed by atoms with Crippen molar-refractivity contribution in [2.24, 2.45) is 15.8 Å². The Bertz CT molecular complexity index is 459. The lowest BCUT2D eigenvalue weighted by Crippen LogP contribution is -2.51. The first-order chi connectivity index (χ1) is 10.5. The van der Waals surface area contributed by atoms with Crippen LogP contribution in [0.25, 0.3) is 0 Å². The fourth-order valence-corrected chi connectivity index (χ4v) is 4.32. The highest BCUT2D eigenvalue weighted by atomic mass is 16.2. The van der Waals surface area contributed by atoms with E-state index < -0.39 is 0 Å². The van der Waals surface area contributed by atoms with E-state index in [1.807, 2.05) is 32.6 Å². The molecule has 1 rings (SSSR count). The molecule has 132 valence electrons. The predicted octanol–water partition coefficient (Wildman–Crippen LogP) is 3.74. The summed E-state index contributed by atoms with van der Waals surface area (Å²) in [5.74, 6) is 0. The van der Waals surface area contributed by atoms with Gasteiger partial charge in [0.05, 0.1) is 6.04 Å². The molecule has 0 aromatic rings. The van der Waals surface area contributed by atoms with Gasteiger partial charge in [0.2, 0.25) is 6.08 Å². The second-order valence-corrected chi connectivity index (χ2v) is 8.69. The van der Waals surface area contributed by atoms with E-state index in [2.05, 4.69) is 31.1 Å². The lowest BCUT2D eigenvalue weighted by Gasteiger charge is -2.45. The van der Waals surface area contributed by atoms with E-state index in [9.17, 15) is 9.59 Å². The molecule has 0 saturated heterocycles. The fraction of sp³-hybridized carbons (Fsp3) is 0.889.